The quantitative estimate of drug-likeness (QED) is 0.776. The van der Waals surface area contributed by atoms with Gasteiger partial charge in [-0.05, 0) is 43.0 Å². The third kappa shape index (κ3) is 4.05. The van der Waals surface area contributed by atoms with E-state index >= 15 is 0 Å². The number of hydrogen-bond acceptors (Lipinski definition) is 3. The fourth-order valence-electron chi connectivity index (χ4n) is 2.75. The minimum atomic E-state index is -3.40. The van der Waals surface area contributed by atoms with Gasteiger partial charge in [0.25, 0.3) is 0 Å². The van der Waals surface area contributed by atoms with Crippen LogP contribution in [0.5, 0.6) is 0 Å². The summed E-state index contributed by atoms with van der Waals surface area (Å²) in [6, 6.07) is 7.61. The van der Waals surface area contributed by atoms with E-state index in [0.29, 0.717) is 10.8 Å². The molecule has 0 saturated heterocycles. The maximum absolute atomic E-state index is 12.4. The normalized spacial score (nSPS) is 23.0. The van der Waals surface area contributed by atoms with Gasteiger partial charge in [-0.15, -0.1) is 0 Å². The Labute approximate surface area is 128 Å². The molecule has 3 unspecified atom stereocenters. The van der Waals surface area contributed by atoms with Gasteiger partial charge in [-0.2, -0.15) is 0 Å². The summed E-state index contributed by atoms with van der Waals surface area (Å²) in [5, 5.41) is 3.38. The van der Waals surface area contributed by atoms with E-state index in [1.807, 2.05) is 12.1 Å². The molecule has 0 amide bonds. The second-order valence-electron chi connectivity index (χ2n) is 5.72. The Bertz CT molecular complexity index is 571. The van der Waals surface area contributed by atoms with Crippen LogP contribution in [0.25, 0.3) is 0 Å². The van der Waals surface area contributed by atoms with Crippen LogP contribution in [0.2, 0.25) is 0 Å². The van der Waals surface area contributed by atoms with Crippen molar-refractivity contribution in [2.45, 2.75) is 57.0 Å². The summed E-state index contributed by atoms with van der Waals surface area (Å²) in [7, 11) is -3.40. The molecule has 1 aromatic rings. The number of benzene rings is 1. The van der Waals surface area contributed by atoms with Gasteiger partial charge in [0, 0.05) is 12.1 Å². The molecule has 1 fully saturated rings. The molecule has 0 aromatic heterocycles. The Morgan fingerprint density at radius 1 is 1.29 bits per heavy atom. The molecular weight excluding hydrogens is 284 g/mol. The molecule has 4 nitrogen and oxygen atoms in total. The average Bonchev–Trinajstić information content (AvgIpc) is 3.22. The van der Waals surface area contributed by atoms with E-state index in [9.17, 15) is 8.42 Å². The molecule has 0 spiro atoms. The van der Waals surface area contributed by atoms with Crippen molar-refractivity contribution < 1.29 is 8.42 Å². The zero-order valence-electron chi connectivity index (χ0n) is 13.1. The molecule has 118 valence electrons. The summed E-state index contributed by atoms with van der Waals surface area (Å²) in [5.41, 5.74) is 1.03. The molecular formula is C16H26N2O2S. The number of nitrogens with one attached hydrogen (secondary N) is 2. The molecule has 1 aliphatic carbocycles. The topological polar surface area (TPSA) is 58.2 Å². The highest BCUT2D eigenvalue weighted by Gasteiger charge is 2.38. The lowest BCUT2D eigenvalue weighted by Crippen LogP contribution is -2.27. The van der Waals surface area contributed by atoms with Crippen molar-refractivity contribution in [2.24, 2.45) is 5.92 Å². The molecule has 1 aromatic carbocycles. The maximum Gasteiger partial charge on any atom is 0.240 e. The lowest BCUT2D eigenvalue weighted by Gasteiger charge is -2.17. The lowest BCUT2D eigenvalue weighted by molar-refractivity contribution is 0.535. The van der Waals surface area contributed by atoms with Gasteiger partial charge in [0.1, 0.15) is 0 Å². The van der Waals surface area contributed by atoms with Gasteiger partial charge in [-0.25, -0.2) is 13.1 Å². The molecule has 2 rings (SSSR count). The Morgan fingerprint density at radius 3 is 2.62 bits per heavy atom. The molecule has 5 heteroatoms. The number of rotatable bonds is 8. The number of hydrogen-bond donors (Lipinski definition) is 2. The highest BCUT2D eigenvalue weighted by Crippen LogP contribution is 2.34. The first-order chi connectivity index (χ1) is 10.0. The second-order valence-corrected chi connectivity index (χ2v) is 7.44. The first-order valence-corrected chi connectivity index (χ1v) is 9.35. The van der Waals surface area contributed by atoms with Gasteiger partial charge in [0.15, 0.2) is 0 Å². The molecule has 0 aliphatic heterocycles. The van der Waals surface area contributed by atoms with Gasteiger partial charge in [-0.1, -0.05) is 39.3 Å². The van der Waals surface area contributed by atoms with Crippen molar-refractivity contribution in [3.8, 4) is 0 Å². The molecule has 3 atom stereocenters. The van der Waals surface area contributed by atoms with Crippen LogP contribution < -0.4 is 10.0 Å². The number of sulfonamides is 1. The summed E-state index contributed by atoms with van der Waals surface area (Å²) in [4.78, 5) is 0.373. The maximum atomic E-state index is 12.4. The average molecular weight is 310 g/mol. The Balaban J connectivity index is 2.16. The fourth-order valence-corrected chi connectivity index (χ4v) is 4.13. The summed E-state index contributed by atoms with van der Waals surface area (Å²) in [5.74, 6) is 0.508. The van der Waals surface area contributed by atoms with E-state index in [1.54, 1.807) is 12.1 Å². The first kappa shape index (κ1) is 16.5. The minimum absolute atomic E-state index is 0.124. The first-order valence-electron chi connectivity index (χ1n) is 7.87. The van der Waals surface area contributed by atoms with Crippen molar-refractivity contribution in [3.05, 3.63) is 29.8 Å². The van der Waals surface area contributed by atoms with Gasteiger partial charge < -0.3 is 5.32 Å². The summed E-state index contributed by atoms with van der Waals surface area (Å²) in [6.07, 6.45) is 2.93. The van der Waals surface area contributed by atoms with Crippen LogP contribution in [0.3, 0.4) is 0 Å². The van der Waals surface area contributed by atoms with E-state index in [1.165, 1.54) is 0 Å². The van der Waals surface area contributed by atoms with E-state index < -0.39 is 10.0 Å². The Hall–Kier alpha value is -0.910. The summed E-state index contributed by atoms with van der Waals surface area (Å²) in [6.45, 7) is 7.13. The van der Waals surface area contributed by atoms with Crippen LogP contribution >= 0.6 is 0 Å². The van der Waals surface area contributed by atoms with Crippen LogP contribution in [0.4, 0.5) is 0 Å². The second kappa shape index (κ2) is 6.90. The van der Waals surface area contributed by atoms with E-state index in [-0.39, 0.29) is 12.1 Å². The van der Waals surface area contributed by atoms with Crippen molar-refractivity contribution >= 4 is 10.0 Å². The summed E-state index contributed by atoms with van der Waals surface area (Å²) < 4.78 is 27.7. The Kier molecular flexibility index (Phi) is 5.41. The fraction of sp³-hybridized carbons (Fsp3) is 0.625. The van der Waals surface area contributed by atoms with Gasteiger partial charge >= 0.3 is 0 Å². The largest absolute Gasteiger partial charge is 0.310 e. The third-order valence-electron chi connectivity index (χ3n) is 4.18. The van der Waals surface area contributed by atoms with Crippen LogP contribution in [-0.2, 0) is 10.0 Å². The van der Waals surface area contributed by atoms with E-state index in [0.717, 1.165) is 31.4 Å². The smallest absolute Gasteiger partial charge is 0.240 e. The summed E-state index contributed by atoms with van der Waals surface area (Å²) >= 11 is 0. The third-order valence-corrected chi connectivity index (χ3v) is 5.67. The lowest BCUT2D eigenvalue weighted by atomic mass is 10.0. The molecule has 21 heavy (non-hydrogen) atoms. The molecule has 0 heterocycles. The van der Waals surface area contributed by atoms with Crippen LogP contribution in [0.1, 0.15) is 51.6 Å². The van der Waals surface area contributed by atoms with Crippen molar-refractivity contribution in [1.29, 1.82) is 0 Å². The van der Waals surface area contributed by atoms with Crippen molar-refractivity contribution in [1.82, 2.24) is 10.0 Å². The van der Waals surface area contributed by atoms with Crippen molar-refractivity contribution in [2.75, 3.05) is 6.54 Å². The van der Waals surface area contributed by atoms with Gasteiger partial charge in [0.2, 0.25) is 10.0 Å². The zero-order chi connectivity index (χ0) is 15.5. The molecule has 0 bridgehead atoms. The molecule has 0 radical (unpaired) electrons. The highest BCUT2D eigenvalue weighted by atomic mass is 32.2. The standard InChI is InChI=1S/C16H26N2O2S/c1-4-12-11-16(12)18-21(19,20)14-9-7-8-13(10-14)15(5-2)17-6-3/h7-10,12,15-18H,4-6,11H2,1-3H3. The van der Waals surface area contributed by atoms with Gasteiger partial charge in [-0.3, -0.25) is 0 Å². The Morgan fingerprint density at radius 2 is 2.05 bits per heavy atom. The van der Waals surface area contributed by atoms with Crippen molar-refractivity contribution in [3.63, 3.8) is 0 Å². The minimum Gasteiger partial charge on any atom is -0.310 e. The predicted molar refractivity (Wildman–Crippen MR) is 85.7 cm³/mol. The van der Waals surface area contributed by atoms with Gasteiger partial charge in [0.05, 0.1) is 4.90 Å². The zero-order valence-corrected chi connectivity index (χ0v) is 13.9. The monoisotopic (exact) mass is 310 g/mol. The van der Waals surface area contributed by atoms with Crippen LogP contribution in [0.15, 0.2) is 29.2 Å². The van der Waals surface area contributed by atoms with E-state index in [4.69, 9.17) is 0 Å². The molecule has 1 aliphatic rings. The molecule has 1 saturated carbocycles. The van der Waals surface area contributed by atoms with Crippen LogP contribution in [-0.4, -0.2) is 21.0 Å². The highest BCUT2D eigenvalue weighted by molar-refractivity contribution is 7.89. The SMILES string of the molecule is CCNC(CC)c1cccc(S(=O)(=O)NC2CC2CC)c1. The van der Waals surface area contributed by atoms with E-state index in [2.05, 4.69) is 30.8 Å². The predicted octanol–water partition coefficient (Wildman–Crippen LogP) is 2.82. The van der Waals surface area contributed by atoms with Crippen LogP contribution in [0, 0.1) is 5.92 Å². The molecule has 2 N–H and O–H groups in total.